The molecule has 0 spiro atoms. The minimum Gasteiger partial charge on any atom is -0.294 e. The maximum Gasteiger partial charge on any atom is 0.160 e. The molecule has 1 aromatic carbocycles. The highest BCUT2D eigenvalue weighted by Crippen LogP contribution is 1.98. The first-order valence-corrected chi connectivity index (χ1v) is 3.77. The van der Waals surface area contributed by atoms with E-state index in [1.165, 1.54) is 13.0 Å². The van der Waals surface area contributed by atoms with E-state index in [9.17, 15) is 4.79 Å². The highest BCUT2D eigenvalue weighted by atomic mass is 16.1. The van der Waals surface area contributed by atoms with Crippen LogP contribution < -0.4 is 0 Å². The number of hydrogen-bond acceptors (Lipinski definition) is 1. The minimum absolute atomic E-state index is 0.0159. The van der Waals surface area contributed by atoms with Crippen LogP contribution in [0.1, 0.15) is 12.5 Å². The lowest BCUT2D eigenvalue weighted by Crippen LogP contribution is -1.76. The van der Waals surface area contributed by atoms with Gasteiger partial charge in [-0.05, 0) is 18.6 Å². The van der Waals surface area contributed by atoms with E-state index in [1.54, 1.807) is 6.08 Å². The van der Waals surface area contributed by atoms with E-state index in [0.29, 0.717) is 0 Å². The Morgan fingerprint density at radius 1 is 1.33 bits per heavy atom. The SMILES string of the molecule is CC(=O)C=C=Cc1ccccc1. The molecule has 1 aromatic rings. The number of benzene rings is 1. The molecule has 0 aliphatic rings. The van der Waals surface area contributed by atoms with Crippen molar-refractivity contribution in [3.8, 4) is 0 Å². The lowest BCUT2D eigenvalue weighted by atomic mass is 10.2. The third kappa shape index (κ3) is 3.00. The Bertz CT molecular complexity index is 316. The first-order chi connectivity index (χ1) is 5.79. The van der Waals surface area contributed by atoms with E-state index in [4.69, 9.17) is 0 Å². The van der Waals surface area contributed by atoms with Gasteiger partial charge in [0.05, 0.1) is 0 Å². The Labute approximate surface area is 72.0 Å². The van der Waals surface area contributed by atoms with Crippen molar-refractivity contribution in [2.45, 2.75) is 6.92 Å². The fourth-order valence-corrected chi connectivity index (χ4v) is 0.805. The standard InChI is InChI=1S/C11H10O/c1-10(12)6-5-9-11-7-3-2-4-8-11/h2-4,6-9H,1H3. The van der Waals surface area contributed by atoms with Crippen molar-refractivity contribution in [2.24, 2.45) is 0 Å². The van der Waals surface area contributed by atoms with Crippen molar-refractivity contribution < 1.29 is 4.79 Å². The van der Waals surface area contributed by atoms with Crippen LogP contribution in [-0.2, 0) is 4.79 Å². The molecule has 12 heavy (non-hydrogen) atoms. The molecule has 1 nitrogen and oxygen atoms in total. The predicted octanol–water partition coefficient (Wildman–Crippen LogP) is 2.44. The van der Waals surface area contributed by atoms with Gasteiger partial charge in [0.15, 0.2) is 5.78 Å². The molecule has 0 aliphatic carbocycles. The van der Waals surface area contributed by atoms with Crippen LogP contribution in [0.4, 0.5) is 0 Å². The second-order valence-corrected chi connectivity index (χ2v) is 2.48. The van der Waals surface area contributed by atoms with Crippen LogP contribution in [0.2, 0.25) is 0 Å². The molecule has 60 valence electrons. The zero-order chi connectivity index (χ0) is 8.81. The third-order valence-electron chi connectivity index (χ3n) is 1.34. The molecular formula is C11H10O. The highest BCUT2D eigenvalue weighted by molar-refractivity contribution is 5.87. The van der Waals surface area contributed by atoms with Crippen LogP contribution in [0.25, 0.3) is 6.08 Å². The van der Waals surface area contributed by atoms with Gasteiger partial charge in [0, 0.05) is 6.08 Å². The van der Waals surface area contributed by atoms with Crippen molar-refractivity contribution in [3.63, 3.8) is 0 Å². The van der Waals surface area contributed by atoms with Gasteiger partial charge in [-0.15, -0.1) is 5.73 Å². The van der Waals surface area contributed by atoms with E-state index in [1.807, 2.05) is 30.3 Å². The first-order valence-electron chi connectivity index (χ1n) is 3.77. The molecule has 0 bridgehead atoms. The summed E-state index contributed by atoms with van der Waals surface area (Å²) in [6.07, 6.45) is 3.20. The van der Waals surface area contributed by atoms with Crippen LogP contribution in [0, 0.1) is 0 Å². The molecule has 0 aromatic heterocycles. The average molecular weight is 158 g/mol. The maximum absolute atomic E-state index is 10.5. The summed E-state index contributed by atoms with van der Waals surface area (Å²) >= 11 is 0. The summed E-state index contributed by atoms with van der Waals surface area (Å²) in [5.74, 6) is 0.0159. The van der Waals surface area contributed by atoms with Crippen LogP contribution in [0.5, 0.6) is 0 Å². The highest BCUT2D eigenvalue weighted by Gasteiger charge is 1.80. The van der Waals surface area contributed by atoms with Gasteiger partial charge in [-0.1, -0.05) is 30.3 Å². The lowest BCUT2D eigenvalue weighted by Gasteiger charge is -1.85. The molecule has 0 radical (unpaired) electrons. The van der Waals surface area contributed by atoms with Gasteiger partial charge in [0.1, 0.15) is 0 Å². The number of hydrogen-bond donors (Lipinski definition) is 0. The van der Waals surface area contributed by atoms with Crippen LogP contribution in [0.15, 0.2) is 42.1 Å². The van der Waals surface area contributed by atoms with Gasteiger partial charge in [-0.2, -0.15) is 0 Å². The van der Waals surface area contributed by atoms with E-state index < -0.39 is 0 Å². The van der Waals surface area contributed by atoms with Gasteiger partial charge in [0.25, 0.3) is 0 Å². The molecule has 1 heteroatoms. The fourth-order valence-electron chi connectivity index (χ4n) is 0.805. The second-order valence-electron chi connectivity index (χ2n) is 2.48. The Morgan fingerprint density at radius 2 is 2.00 bits per heavy atom. The summed E-state index contributed by atoms with van der Waals surface area (Å²) in [7, 11) is 0. The molecule has 0 amide bonds. The third-order valence-corrected chi connectivity index (χ3v) is 1.34. The second kappa shape index (κ2) is 4.32. The summed E-state index contributed by atoms with van der Waals surface area (Å²) in [5.41, 5.74) is 3.85. The topological polar surface area (TPSA) is 17.1 Å². The summed E-state index contributed by atoms with van der Waals surface area (Å²) < 4.78 is 0. The number of rotatable bonds is 2. The molecule has 0 saturated heterocycles. The van der Waals surface area contributed by atoms with Crippen molar-refractivity contribution >= 4 is 11.9 Å². The molecule has 0 N–H and O–H groups in total. The number of carbonyl (C=O) groups is 1. The smallest absolute Gasteiger partial charge is 0.160 e. The largest absolute Gasteiger partial charge is 0.294 e. The predicted molar refractivity (Wildman–Crippen MR) is 49.7 cm³/mol. The summed E-state index contributed by atoms with van der Waals surface area (Å²) in [6.45, 7) is 1.51. The molecule has 0 heterocycles. The van der Waals surface area contributed by atoms with Gasteiger partial charge >= 0.3 is 0 Å². The van der Waals surface area contributed by atoms with Crippen molar-refractivity contribution in [3.05, 3.63) is 47.7 Å². The molecule has 0 saturated carbocycles. The van der Waals surface area contributed by atoms with Gasteiger partial charge < -0.3 is 0 Å². The van der Waals surface area contributed by atoms with Crippen LogP contribution in [-0.4, -0.2) is 5.78 Å². The number of ketones is 1. The Morgan fingerprint density at radius 3 is 2.58 bits per heavy atom. The van der Waals surface area contributed by atoms with Gasteiger partial charge in [-0.3, -0.25) is 4.79 Å². The van der Waals surface area contributed by atoms with Crippen molar-refractivity contribution in [2.75, 3.05) is 0 Å². The van der Waals surface area contributed by atoms with Crippen LogP contribution >= 0.6 is 0 Å². The van der Waals surface area contributed by atoms with E-state index >= 15 is 0 Å². The van der Waals surface area contributed by atoms with Gasteiger partial charge in [-0.25, -0.2) is 0 Å². The molecule has 0 unspecified atom stereocenters. The molecular weight excluding hydrogens is 148 g/mol. The maximum atomic E-state index is 10.5. The molecule has 0 atom stereocenters. The zero-order valence-electron chi connectivity index (χ0n) is 6.95. The van der Waals surface area contributed by atoms with E-state index in [-0.39, 0.29) is 5.78 Å². The number of allylic oxidation sites excluding steroid dienone is 1. The Hall–Kier alpha value is -1.59. The Kier molecular flexibility index (Phi) is 3.06. The lowest BCUT2D eigenvalue weighted by molar-refractivity contribution is -0.112. The zero-order valence-corrected chi connectivity index (χ0v) is 6.95. The molecule has 1 rings (SSSR count). The van der Waals surface area contributed by atoms with E-state index in [2.05, 4.69) is 5.73 Å². The van der Waals surface area contributed by atoms with E-state index in [0.717, 1.165) is 5.56 Å². The van der Waals surface area contributed by atoms with Crippen LogP contribution in [0.3, 0.4) is 0 Å². The van der Waals surface area contributed by atoms with Gasteiger partial charge in [0.2, 0.25) is 0 Å². The minimum atomic E-state index is 0.0159. The van der Waals surface area contributed by atoms with Crippen molar-refractivity contribution in [1.29, 1.82) is 0 Å². The summed E-state index contributed by atoms with van der Waals surface area (Å²) in [5, 5.41) is 0. The normalized spacial score (nSPS) is 8.42. The first kappa shape index (κ1) is 8.51. The van der Waals surface area contributed by atoms with Crippen molar-refractivity contribution in [1.82, 2.24) is 0 Å². The molecule has 0 aliphatic heterocycles. The summed E-state index contributed by atoms with van der Waals surface area (Å²) in [4.78, 5) is 10.5. The monoisotopic (exact) mass is 158 g/mol. The number of carbonyl (C=O) groups excluding carboxylic acids is 1. The Balaban J connectivity index is 2.77. The molecule has 0 fully saturated rings. The summed E-state index contributed by atoms with van der Waals surface area (Å²) in [6, 6.07) is 9.76. The fraction of sp³-hybridized carbons (Fsp3) is 0.0909. The average Bonchev–Trinajstić information content (AvgIpc) is 2.05. The quantitative estimate of drug-likeness (QED) is 0.477.